The molecule has 0 aliphatic carbocycles. The lowest BCUT2D eigenvalue weighted by molar-refractivity contribution is 0.0949. The van der Waals surface area contributed by atoms with E-state index >= 15 is 0 Å². The Morgan fingerprint density at radius 3 is 2.46 bits per heavy atom. The minimum absolute atomic E-state index is 0.195. The summed E-state index contributed by atoms with van der Waals surface area (Å²) in [4.78, 5) is 12.5. The average Bonchev–Trinajstić information content (AvgIpc) is 3.17. The zero-order chi connectivity index (χ0) is 19.9. The number of aromatic nitrogens is 1. The summed E-state index contributed by atoms with van der Waals surface area (Å²) >= 11 is 0. The second-order valence-corrected chi connectivity index (χ2v) is 5.90. The van der Waals surface area contributed by atoms with Gasteiger partial charge in [-0.3, -0.25) is 4.79 Å². The van der Waals surface area contributed by atoms with E-state index in [0.717, 1.165) is 0 Å². The summed E-state index contributed by atoms with van der Waals surface area (Å²) in [5.41, 5.74) is 1.72. The van der Waals surface area contributed by atoms with Gasteiger partial charge in [-0.25, -0.2) is 4.39 Å². The van der Waals surface area contributed by atoms with Crippen LogP contribution in [0.2, 0.25) is 0 Å². The lowest BCUT2D eigenvalue weighted by Gasteiger charge is -2.12. The summed E-state index contributed by atoms with van der Waals surface area (Å²) in [6, 6.07) is 12.7. The Labute approximate surface area is 162 Å². The Morgan fingerprint density at radius 2 is 1.75 bits per heavy atom. The molecule has 0 aliphatic rings. The summed E-state index contributed by atoms with van der Waals surface area (Å²) in [5, 5.41) is 6.73. The van der Waals surface area contributed by atoms with Crippen molar-refractivity contribution in [1.82, 2.24) is 10.5 Å². The van der Waals surface area contributed by atoms with Crippen LogP contribution < -0.4 is 14.8 Å². The molecule has 7 heteroatoms. The maximum Gasteiger partial charge on any atom is 0.251 e. The first-order valence-electron chi connectivity index (χ1n) is 9.00. The largest absolute Gasteiger partial charge is 0.490 e. The number of nitrogens with one attached hydrogen (secondary N) is 1. The van der Waals surface area contributed by atoms with Crippen LogP contribution in [-0.2, 0) is 6.54 Å². The summed E-state index contributed by atoms with van der Waals surface area (Å²) in [5.74, 6) is 1.04. The fourth-order valence-electron chi connectivity index (χ4n) is 2.61. The standard InChI is InChI=1S/C21H21FN2O4/c1-3-26-18-10-7-15(11-20(18)27-4-2)21(25)23-13-17-12-19(28-24-17)14-5-8-16(22)9-6-14/h5-12H,3-4,13H2,1-2H3,(H,23,25). The molecule has 3 rings (SSSR count). The predicted octanol–water partition coefficient (Wildman–Crippen LogP) is 4.21. The quantitative estimate of drug-likeness (QED) is 0.630. The lowest BCUT2D eigenvalue weighted by Crippen LogP contribution is -2.23. The molecule has 0 spiro atoms. The number of carbonyl (C=O) groups excluding carboxylic acids is 1. The van der Waals surface area contributed by atoms with Crippen molar-refractivity contribution in [2.24, 2.45) is 0 Å². The van der Waals surface area contributed by atoms with Crippen molar-refractivity contribution in [3.8, 4) is 22.8 Å². The molecule has 1 heterocycles. The summed E-state index contributed by atoms with van der Waals surface area (Å²) < 4.78 is 29.3. The molecule has 0 bridgehead atoms. The number of ether oxygens (including phenoxy) is 2. The Morgan fingerprint density at radius 1 is 1.04 bits per heavy atom. The first kappa shape index (κ1) is 19.4. The van der Waals surface area contributed by atoms with E-state index in [4.69, 9.17) is 14.0 Å². The number of halogens is 1. The van der Waals surface area contributed by atoms with Gasteiger partial charge in [0, 0.05) is 17.2 Å². The van der Waals surface area contributed by atoms with Gasteiger partial charge in [-0.1, -0.05) is 5.16 Å². The van der Waals surface area contributed by atoms with E-state index < -0.39 is 0 Å². The SMILES string of the molecule is CCOc1ccc(C(=O)NCc2cc(-c3ccc(F)cc3)on2)cc1OCC. The highest BCUT2D eigenvalue weighted by Crippen LogP contribution is 2.28. The first-order chi connectivity index (χ1) is 13.6. The number of nitrogens with zero attached hydrogens (tertiary/aromatic N) is 1. The minimum Gasteiger partial charge on any atom is -0.490 e. The smallest absolute Gasteiger partial charge is 0.251 e. The maximum absolute atomic E-state index is 13.0. The van der Waals surface area contributed by atoms with Crippen molar-refractivity contribution in [3.05, 3.63) is 65.6 Å². The van der Waals surface area contributed by atoms with Crippen molar-refractivity contribution in [1.29, 1.82) is 0 Å². The fraction of sp³-hybridized carbons (Fsp3) is 0.238. The molecule has 0 unspecified atom stereocenters. The van der Waals surface area contributed by atoms with E-state index in [1.165, 1.54) is 12.1 Å². The van der Waals surface area contributed by atoms with Crippen LogP contribution in [-0.4, -0.2) is 24.3 Å². The van der Waals surface area contributed by atoms with Crippen molar-refractivity contribution in [2.45, 2.75) is 20.4 Å². The van der Waals surface area contributed by atoms with Crippen LogP contribution in [0, 0.1) is 5.82 Å². The number of amides is 1. The molecule has 1 amide bonds. The van der Waals surface area contributed by atoms with Gasteiger partial charge < -0.3 is 19.3 Å². The molecular weight excluding hydrogens is 363 g/mol. The van der Waals surface area contributed by atoms with E-state index in [2.05, 4.69) is 10.5 Å². The highest BCUT2D eigenvalue weighted by atomic mass is 19.1. The topological polar surface area (TPSA) is 73.6 Å². The molecule has 0 radical (unpaired) electrons. The number of rotatable bonds is 8. The number of benzene rings is 2. The first-order valence-corrected chi connectivity index (χ1v) is 9.00. The van der Waals surface area contributed by atoms with Gasteiger partial charge >= 0.3 is 0 Å². The molecule has 1 N–H and O–H groups in total. The molecule has 0 atom stereocenters. The van der Waals surface area contributed by atoms with Gasteiger partial charge in [-0.2, -0.15) is 0 Å². The fourth-order valence-corrected chi connectivity index (χ4v) is 2.61. The Hall–Kier alpha value is -3.35. The van der Waals surface area contributed by atoms with Crippen molar-refractivity contribution >= 4 is 5.91 Å². The Balaban J connectivity index is 1.65. The monoisotopic (exact) mass is 384 g/mol. The van der Waals surface area contributed by atoms with Gasteiger partial charge in [-0.05, 0) is 56.3 Å². The van der Waals surface area contributed by atoms with Crippen molar-refractivity contribution in [3.63, 3.8) is 0 Å². The number of hydrogen-bond donors (Lipinski definition) is 1. The second kappa shape index (κ2) is 9.03. The molecule has 0 saturated carbocycles. The van der Waals surface area contributed by atoms with Crippen LogP contribution in [0.1, 0.15) is 29.9 Å². The molecule has 0 fully saturated rings. The minimum atomic E-state index is -0.322. The molecule has 2 aromatic carbocycles. The van der Waals surface area contributed by atoms with Gasteiger partial charge in [0.25, 0.3) is 5.91 Å². The number of hydrogen-bond acceptors (Lipinski definition) is 5. The third-order valence-corrected chi connectivity index (χ3v) is 3.92. The van der Waals surface area contributed by atoms with E-state index in [-0.39, 0.29) is 18.3 Å². The van der Waals surface area contributed by atoms with E-state index in [9.17, 15) is 9.18 Å². The van der Waals surface area contributed by atoms with Crippen LogP contribution in [0.5, 0.6) is 11.5 Å². The zero-order valence-electron chi connectivity index (χ0n) is 15.7. The van der Waals surface area contributed by atoms with Crippen LogP contribution in [0.3, 0.4) is 0 Å². The Kier molecular flexibility index (Phi) is 6.26. The van der Waals surface area contributed by atoms with Gasteiger partial charge in [0.05, 0.1) is 19.8 Å². The Bertz CT molecular complexity index is 938. The summed E-state index contributed by atoms with van der Waals surface area (Å²) in [7, 11) is 0. The van der Waals surface area contributed by atoms with Crippen molar-refractivity contribution in [2.75, 3.05) is 13.2 Å². The lowest BCUT2D eigenvalue weighted by atomic mass is 10.1. The molecule has 0 aliphatic heterocycles. The third kappa shape index (κ3) is 4.68. The van der Waals surface area contributed by atoms with Crippen LogP contribution in [0.25, 0.3) is 11.3 Å². The highest BCUT2D eigenvalue weighted by molar-refractivity contribution is 5.94. The molecule has 28 heavy (non-hydrogen) atoms. The predicted molar refractivity (Wildman–Crippen MR) is 102 cm³/mol. The van der Waals surface area contributed by atoms with Crippen molar-refractivity contribution < 1.29 is 23.2 Å². The highest BCUT2D eigenvalue weighted by Gasteiger charge is 2.13. The van der Waals surface area contributed by atoms with Crippen LogP contribution in [0.4, 0.5) is 4.39 Å². The molecule has 1 aromatic heterocycles. The summed E-state index contributed by atoms with van der Waals surface area (Å²) in [6.45, 7) is 4.92. The molecule has 0 saturated heterocycles. The van der Waals surface area contributed by atoms with Gasteiger partial charge in [-0.15, -0.1) is 0 Å². The normalized spacial score (nSPS) is 10.5. The van der Waals surface area contributed by atoms with E-state index in [1.807, 2.05) is 13.8 Å². The number of carbonyl (C=O) groups is 1. The van der Waals surface area contributed by atoms with E-state index in [1.54, 1.807) is 36.4 Å². The average molecular weight is 384 g/mol. The third-order valence-electron chi connectivity index (χ3n) is 3.92. The second-order valence-electron chi connectivity index (χ2n) is 5.90. The van der Waals surface area contributed by atoms with Crippen LogP contribution >= 0.6 is 0 Å². The molecule has 3 aromatic rings. The molecule has 146 valence electrons. The molecule has 6 nitrogen and oxygen atoms in total. The molecular formula is C21H21FN2O4. The van der Waals surface area contributed by atoms with Gasteiger partial charge in [0.2, 0.25) is 0 Å². The van der Waals surface area contributed by atoms with Crippen LogP contribution in [0.15, 0.2) is 53.1 Å². The van der Waals surface area contributed by atoms with E-state index in [0.29, 0.717) is 47.3 Å². The maximum atomic E-state index is 13.0. The van der Waals surface area contributed by atoms with Gasteiger partial charge in [0.15, 0.2) is 17.3 Å². The zero-order valence-corrected chi connectivity index (χ0v) is 15.7. The summed E-state index contributed by atoms with van der Waals surface area (Å²) in [6.07, 6.45) is 0. The van der Waals surface area contributed by atoms with Gasteiger partial charge in [0.1, 0.15) is 11.5 Å².